The first-order valence-electron chi connectivity index (χ1n) is 5.35. The Balaban J connectivity index is 0.000000980. The largest absolute Gasteiger partial charge is 0.328 e. The van der Waals surface area contributed by atoms with Crippen molar-refractivity contribution < 1.29 is 4.39 Å². The predicted molar refractivity (Wildman–Crippen MR) is 65.8 cm³/mol. The van der Waals surface area contributed by atoms with Gasteiger partial charge >= 0.3 is 0 Å². The third-order valence-corrected chi connectivity index (χ3v) is 3.46. The Hall–Kier alpha value is 0.430. The monoisotopic (exact) mass is 258 g/mol. The zero-order chi connectivity index (χ0) is 9.26. The van der Waals surface area contributed by atoms with E-state index in [0.29, 0.717) is 18.0 Å². The molecule has 2 fully saturated rings. The maximum Gasteiger partial charge on any atom is 0.0947 e. The van der Waals surface area contributed by atoms with Crippen molar-refractivity contribution in [3.05, 3.63) is 0 Å². The average molecular weight is 259 g/mol. The van der Waals surface area contributed by atoms with Gasteiger partial charge < -0.3 is 5.73 Å². The molecule has 1 aliphatic carbocycles. The van der Waals surface area contributed by atoms with E-state index in [0.717, 1.165) is 25.9 Å². The summed E-state index contributed by atoms with van der Waals surface area (Å²) in [6.07, 6.45) is 4.75. The fraction of sp³-hybridized carbons (Fsp3) is 1.00. The molecule has 2 nitrogen and oxygen atoms in total. The second kappa shape index (κ2) is 6.89. The lowest BCUT2D eigenvalue weighted by Gasteiger charge is -2.45. The van der Waals surface area contributed by atoms with Crippen LogP contribution in [-0.4, -0.2) is 36.7 Å². The van der Waals surface area contributed by atoms with E-state index in [-0.39, 0.29) is 31.5 Å². The average Bonchev–Trinajstić information content (AvgIpc) is 2.06. The minimum absolute atomic E-state index is 0. The second-order valence-corrected chi connectivity index (χ2v) is 4.54. The van der Waals surface area contributed by atoms with E-state index >= 15 is 0 Å². The number of rotatable bonds is 2. The number of nitrogens with two attached hydrogens (primary N) is 1. The van der Waals surface area contributed by atoms with Gasteiger partial charge in [-0.15, -0.1) is 24.8 Å². The molecule has 0 aromatic carbocycles. The van der Waals surface area contributed by atoms with Gasteiger partial charge in [0, 0.05) is 31.1 Å². The van der Waals surface area contributed by atoms with Crippen molar-refractivity contribution in [1.29, 1.82) is 0 Å². The van der Waals surface area contributed by atoms with Crippen LogP contribution < -0.4 is 5.73 Å². The maximum absolute atomic E-state index is 12.2. The lowest BCUT2D eigenvalue weighted by Crippen LogP contribution is -2.54. The number of alkyl halides is 1. The molecule has 1 saturated heterocycles. The summed E-state index contributed by atoms with van der Waals surface area (Å²) >= 11 is 0. The maximum atomic E-state index is 12.2. The van der Waals surface area contributed by atoms with Gasteiger partial charge in [-0.25, -0.2) is 0 Å². The summed E-state index contributed by atoms with van der Waals surface area (Å²) in [7, 11) is 0. The molecule has 1 saturated carbocycles. The molecular formula is C10H21Cl2FN2. The van der Waals surface area contributed by atoms with Crippen molar-refractivity contribution >= 4 is 24.8 Å². The third-order valence-electron chi connectivity index (χ3n) is 3.46. The number of halogens is 3. The Bertz CT molecular complexity index is 169. The Morgan fingerprint density at radius 3 is 2.07 bits per heavy atom. The van der Waals surface area contributed by atoms with Crippen LogP contribution in [0.3, 0.4) is 0 Å². The molecule has 1 heterocycles. The first-order valence-corrected chi connectivity index (χ1v) is 5.35. The van der Waals surface area contributed by atoms with Crippen LogP contribution in [0.2, 0.25) is 0 Å². The molecule has 0 unspecified atom stereocenters. The molecule has 15 heavy (non-hydrogen) atoms. The number of nitrogens with zero attached hydrogens (tertiary/aromatic N) is 1. The van der Waals surface area contributed by atoms with Gasteiger partial charge in [0.15, 0.2) is 0 Å². The van der Waals surface area contributed by atoms with Crippen LogP contribution in [0.4, 0.5) is 4.39 Å². The molecule has 2 rings (SSSR count). The molecule has 0 radical (unpaired) electrons. The van der Waals surface area contributed by atoms with E-state index in [9.17, 15) is 4.39 Å². The molecule has 0 amide bonds. The van der Waals surface area contributed by atoms with Gasteiger partial charge in [0.2, 0.25) is 0 Å². The number of likely N-dealkylation sites (tertiary alicyclic amines) is 1. The van der Waals surface area contributed by atoms with Crippen LogP contribution >= 0.6 is 24.8 Å². The van der Waals surface area contributed by atoms with Gasteiger partial charge in [-0.1, -0.05) is 0 Å². The Morgan fingerprint density at radius 1 is 1.07 bits per heavy atom. The minimum atomic E-state index is -0.136. The highest BCUT2D eigenvalue weighted by atomic mass is 35.5. The van der Waals surface area contributed by atoms with Crippen LogP contribution in [0.1, 0.15) is 25.7 Å². The molecule has 2 aliphatic rings. The van der Waals surface area contributed by atoms with Gasteiger partial charge in [0.25, 0.3) is 0 Å². The number of hydrogen-bond donors (Lipinski definition) is 1. The first kappa shape index (κ1) is 15.4. The lowest BCUT2D eigenvalue weighted by molar-refractivity contribution is 0.0218. The molecule has 0 atom stereocenters. The van der Waals surface area contributed by atoms with Crippen LogP contribution in [0.5, 0.6) is 0 Å². The molecule has 92 valence electrons. The summed E-state index contributed by atoms with van der Waals surface area (Å²) in [6, 6.07) is 1.14. The molecule has 0 aromatic heterocycles. The van der Waals surface area contributed by atoms with E-state index in [4.69, 9.17) is 5.73 Å². The Labute approximate surface area is 104 Å². The summed E-state index contributed by atoms with van der Waals surface area (Å²) in [5.41, 5.74) is 5.83. The smallest absolute Gasteiger partial charge is 0.0947 e. The summed E-state index contributed by atoms with van der Waals surface area (Å²) < 4.78 is 12.2. The van der Waals surface area contributed by atoms with Crippen molar-refractivity contribution in [2.75, 3.05) is 19.8 Å². The standard InChI is InChI=1S/C10H19FN2.2ClH/c11-5-8-6-13(7-8)10-3-1-9(12)2-4-10;;/h8-10H,1-7,12H2;2*1H. The molecule has 0 spiro atoms. The second-order valence-electron chi connectivity index (χ2n) is 4.54. The van der Waals surface area contributed by atoms with Crippen LogP contribution in [-0.2, 0) is 0 Å². The summed E-state index contributed by atoms with van der Waals surface area (Å²) in [5.74, 6) is 0.329. The SMILES string of the molecule is Cl.Cl.NC1CCC(N2CC(CF)C2)CC1. The van der Waals surface area contributed by atoms with Crippen molar-refractivity contribution in [2.45, 2.75) is 37.8 Å². The molecule has 0 aromatic rings. The first-order chi connectivity index (χ1) is 6.29. The van der Waals surface area contributed by atoms with Gasteiger partial charge in [0.1, 0.15) is 0 Å². The van der Waals surface area contributed by atoms with E-state index in [1.807, 2.05) is 0 Å². The summed E-state index contributed by atoms with van der Waals surface area (Å²) in [5, 5.41) is 0. The Morgan fingerprint density at radius 2 is 1.60 bits per heavy atom. The fourth-order valence-electron chi connectivity index (χ4n) is 2.47. The van der Waals surface area contributed by atoms with Crippen molar-refractivity contribution in [2.24, 2.45) is 11.7 Å². The fourth-order valence-corrected chi connectivity index (χ4v) is 2.47. The molecule has 0 bridgehead atoms. The van der Waals surface area contributed by atoms with Crippen molar-refractivity contribution in [1.82, 2.24) is 4.90 Å². The normalized spacial score (nSPS) is 32.4. The van der Waals surface area contributed by atoms with Crippen LogP contribution in [0.25, 0.3) is 0 Å². The minimum Gasteiger partial charge on any atom is -0.328 e. The van der Waals surface area contributed by atoms with Gasteiger partial charge in [-0.05, 0) is 25.7 Å². The van der Waals surface area contributed by atoms with Crippen molar-refractivity contribution in [3.8, 4) is 0 Å². The quantitative estimate of drug-likeness (QED) is 0.821. The van der Waals surface area contributed by atoms with E-state index in [2.05, 4.69) is 4.90 Å². The zero-order valence-corrected chi connectivity index (χ0v) is 10.5. The molecule has 5 heteroatoms. The Kier molecular flexibility index (Phi) is 7.09. The molecular weight excluding hydrogens is 238 g/mol. The zero-order valence-electron chi connectivity index (χ0n) is 8.90. The highest BCUT2D eigenvalue weighted by Crippen LogP contribution is 2.28. The van der Waals surface area contributed by atoms with E-state index in [1.165, 1.54) is 12.8 Å². The molecule has 1 aliphatic heterocycles. The van der Waals surface area contributed by atoms with Gasteiger partial charge in [-0.2, -0.15) is 0 Å². The third kappa shape index (κ3) is 3.74. The lowest BCUT2D eigenvalue weighted by atomic mass is 9.87. The molecule has 2 N–H and O–H groups in total. The van der Waals surface area contributed by atoms with Gasteiger partial charge in [-0.3, -0.25) is 9.29 Å². The van der Waals surface area contributed by atoms with Crippen LogP contribution in [0.15, 0.2) is 0 Å². The predicted octanol–water partition coefficient (Wildman–Crippen LogP) is 2.00. The highest BCUT2D eigenvalue weighted by molar-refractivity contribution is 5.85. The van der Waals surface area contributed by atoms with E-state index < -0.39 is 0 Å². The van der Waals surface area contributed by atoms with Crippen molar-refractivity contribution in [3.63, 3.8) is 0 Å². The van der Waals surface area contributed by atoms with E-state index in [1.54, 1.807) is 0 Å². The van der Waals surface area contributed by atoms with Gasteiger partial charge in [0.05, 0.1) is 6.67 Å². The van der Waals surface area contributed by atoms with Crippen LogP contribution in [0, 0.1) is 5.92 Å². The summed E-state index contributed by atoms with van der Waals surface area (Å²) in [4.78, 5) is 2.43. The summed E-state index contributed by atoms with van der Waals surface area (Å²) in [6.45, 7) is 1.83. The number of hydrogen-bond acceptors (Lipinski definition) is 2. The highest BCUT2D eigenvalue weighted by Gasteiger charge is 2.33. The topological polar surface area (TPSA) is 29.3 Å².